The first kappa shape index (κ1) is 16.1. The maximum atomic E-state index is 13.3. The lowest BCUT2D eigenvalue weighted by Gasteiger charge is -2.06. The third-order valence-electron chi connectivity index (χ3n) is 2.72. The lowest BCUT2D eigenvalue weighted by molar-refractivity contribution is 0.305. The van der Waals surface area contributed by atoms with Gasteiger partial charge in [0.1, 0.15) is 5.82 Å². The number of hydrogen-bond acceptors (Lipinski definition) is 2. The summed E-state index contributed by atoms with van der Waals surface area (Å²) in [6.45, 7) is 0.0183. The molecule has 21 heavy (non-hydrogen) atoms. The molecule has 0 saturated heterocycles. The van der Waals surface area contributed by atoms with Crippen LogP contribution in [0, 0.1) is 17.7 Å². The van der Waals surface area contributed by atoms with E-state index in [1.165, 1.54) is 12.1 Å². The molecule has 0 aromatic heterocycles. The molecule has 0 spiro atoms. The van der Waals surface area contributed by atoms with Gasteiger partial charge in [0.2, 0.25) is 0 Å². The van der Waals surface area contributed by atoms with Crippen molar-refractivity contribution in [2.75, 3.05) is 6.61 Å². The number of halogens is 2. The molecule has 108 valence electrons. The van der Waals surface area contributed by atoms with Crippen molar-refractivity contribution in [3.63, 3.8) is 0 Å². The molecular formula is C17H14BrFOS. The van der Waals surface area contributed by atoms with Gasteiger partial charge in [-0.3, -0.25) is 0 Å². The average Bonchev–Trinajstić information content (AvgIpc) is 2.47. The monoisotopic (exact) mass is 364 g/mol. The highest BCUT2D eigenvalue weighted by Gasteiger charge is 2.04. The average molecular weight is 365 g/mol. The van der Waals surface area contributed by atoms with Crippen LogP contribution in [0.2, 0.25) is 0 Å². The molecule has 0 unspecified atom stereocenters. The number of benzene rings is 2. The molecule has 2 aromatic carbocycles. The molecule has 1 N–H and O–H groups in total. The molecule has 0 atom stereocenters. The van der Waals surface area contributed by atoms with E-state index in [9.17, 15) is 4.39 Å². The molecule has 0 bridgehead atoms. The third-order valence-corrected chi connectivity index (χ3v) is 4.26. The predicted octanol–water partition coefficient (Wildman–Crippen LogP) is 4.61. The van der Waals surface area contributed by atoms with Crippen LogP contribution in [0.3, 0.4) is 0 Å². The van der Waals surface area contributed by atoms with Crippen LogP contribution in [-0.4, -0.2) is 11.7 Å². The summed E-state index contributed by atoms with van der Waals surface area (Å²) in [4.78, 5) is 1.14. The zero-order chi connectivity index (χ0) is 15.1. The standard InChI is InChI=1S/C17H14BrFOS/c18-15-5-3-6-17(11-15)21-12-14-7-8-16(19)10-13(14)4-1-2-9-20/h3,5-8,10-11,20H,2,9,12H2. The molecule has 0 fully saturated rings. The second-order valence-electron chi connectivity index (χ2n) is 4.32. The van der Waals surface area contributed by atoms with Crippen molar-refractivity contribution in [2.24, 2.45) is 0 Å². The first-order valence-corrected chi connectivity index (χ1v) is 8.23. The van der Waals surface area contributed by atoms with Gasteiger partial charge in [-0.2, -0.15) is 0 Å². The van der Waals surface area contributed by atoms with E-state index >= 15 is 0 Å². The lowest BCUT2D eigenvalue weighted by atomic mass is 10.1. The molecule has 0 saturated carbocycles. The highest BCUT2D eigenvalue weighted by atomic mass is 79.9. The van der Waals surface area contributed by atoms with Crippen LogP contribution < -0.4 is 0 Å². The van der Waals surface area contributed by atoms with Crippen LogP contribution in [0.4, 0.5) is 4.39 Å². The molecule has 2 aromatic rings. The summed E-state index contributed by atoms with van der Waals surface area (Å²) in [5.74, 6) is 6.20. The minimum Gasteiger partial charge on any atom is -0.395 e. The van der Waals surface area contributed by atoms with Crippen molar-refractivity contribution in [3.05, 3.63) is 63.9 Å². The highest BCUT2D eigenvalue weighted by molar-refractivity contribution is 9.10. The van der Waals surface area contributed by atoms with Crippen LogP contribution in [0.15, 0.2) is 51.8 Å². The van der Waals surface area contributed by atoms with Crippen molar-refractivity contribution in [2.45, 2.75) is 17.1 Å². The number of thioether (sulfide) groups is 1. The van der Waals surface area contributed by atoms with Crippen molar-refractivity contribution in [3.8, 4) is 11.8 Å². The molecular weight excluding hydrogens is 351 g/mol. The number of aliphatic hydroxyl groups excluding tert-OH is 1. The summed E-state index contributed by atoms with van der Waals surface area (Å²) in [6, 6.07) is 12.7. The normalized spacial score (nSPS) is 10.0. The summed E-state index contributed by atoms with van der Waals surface area (Å²) in [5.41, 5.74) is 1.68. The maximum absolute atomic E-state index is 13.3. The van der Waals surface area contributed by atoms with Gasteiger partial charge < -0.3 is 5.11 Å². The van der Waals surface area contributed by atoms with E-state index in [2.05, 4.69) is 27.8 Å². The van der Waals surface area contributed by atoms with E-state index in [1.807, 2.05) is 24.3 Å². The van der Waals surface area contributed by atoms with Crippen molar-refractivity contribution < 1.29 is 9.50 Å². The number of aliphatic hydroxyl groups is 1. The topological polar surface area (TPSA) is 20.2 Å². The Kier molecular flexibility index (Phi) is 6.31. The smallest absolute Gasteiger partial charge is 0.124 e. The molecule has 0 heterocycles. The Bertz CT molecular complexity index is 676. The van der Waals surface area contributed by atoms with Gasteiger partial charge in [-0.1, -0.05) is 39.9 Å². The Morgan fingerprint density at radius 2 is 2.05 bits per heavy atom. The molecule has 1 nitrogen and oxygen atoms in total. The molecule has 2 rings (SSSR count). The van der Waals surface area contributed by atoms with E-state index in [1.54, 1.807) is 17.8 Å². The van der Waals surface area contributed by atoms with Gasteiger partial charge in [-0.25, -0.2) is 4.39 Å². The first-order valence-electron chi connectivity index (χ1n) is 6.45. The minimum absolute atomic E-state index is 0.0183. The van der Waals surface area contributed by atoms with Crippen molar-refractivity contribution in [1.82, 2.24) is 0 Å². The first-order chi connectivity index (χ1) is 10.2. The summed E-state index contributed by atoms with van der Waals surface area (Å²) >= 11 is 5.12. The van der Waals surface area contributed by atoms with Crippen LogP contribution >= 0.6 is 27.7 Å². The molecule has 0 aliphatic carbocycles. The second-order valence-corrected chi connectivity index (χ2v) is 6.29. The minimum atomic E-state index is -0.292. The van der Waals surface area contributed by atoms with Crippen molar-refractivity contribution >= 4 is 27.7 Å². The van der Waals surface area contributed by atoms with E-state index in [4.69, 9.17) is 5.11 Å². The highest BCUT2D eigenvalue weighted by Crippen LogP contribution is 2.26. The Morgan fingerprint density at radius 1 is 1.19 bits per heavy atom. The summed E-state index contributed by atoms with van der Waals surface area (Å²) in [7, 11) is 0. The Hall–Kier alpha value is -1.28. The van der Waals surface area contributed by atoms with E-state index in [0.29, 0.717) is 12.0 Å². The Labute approximate surface area is 136 Å². The van der Waals surface area contributed by atoms with Gasteiger partial charge in [-0.15, -0.1) is 11.8 Å². The zero-order valence-electron chi connectivity index (χ0n) is 11.3. The van der Waals surface area contributed by atoms with E-state index in [0.717, 1.165) is 20.7 Å². The fourth-order valence-corrected chi connectivity index (χ4v) is 3.23. The van der Waals surface area contributed by atoms with E-state index in [-0.39, 0.29) is 12.4 Å². The van der Waals surface area contributed by atoms with Crippen LogP contribution in [-0.2, 0) is 5.75 Å². The van der Waals surface area contributed by atoms with Gasteiger partial charge in [0, 0.05) is 27.1 Å². The third kappa shape index (κ3) is 5.20. The predicted molar refractivity (Wildman–Crippen MR) is 88.7 cm³/mol. The SMILES string of the molecule is OCCC#Cc1cc(F)ccc1CSc1cccc(Br)c1. The zero-order valence-corrected chi connectivity index (χ0v) is 13.7. The molecule has 0 radical (unpaired) electrons. The number of rotatable bonds is 4. The van der Waals surface area contributed by atoms with Gasteiger partial charge in [0.05, 0.1) is 6.61 Å². The molecule has 0 aliphatic heterocycles. The Balaban J connectivity index is 2.14. The quantitative estimate of drug-likeness (QED) is 0.631. The summed E-state index contributed by atoms with van der Waals surface area (Å²) in [6.07, 6.45) is 0.398. The fourth-order valence-electron chi connectivity index (χ4n) is 1.72. The van der Waals surface area contributed by atoms with Crippen molar-refractivity contribution in [1.29, 1.82) is 0 Å². The summed E-state index contributed by atoms with van der Waals surface area (Å²) in [5, 5.41) is 8.76. The van der Waals surface area contributed by atoms with E-state index < -0.39 is 0 Å². The van der Waals surface area contributed by atoms with Crippen LogP contribution in [0.5, 0.6) is 0 Å². The molecule has 0 amide bonds. The largest absolute Gasteiger partial charge is 0.395 e. The maximum Gasteiger partial charge on any atom is 0.124 e. The van der Waals surface area contributed by atoms with Gasteiger partial charge in [0.15, 0.2) is 0 Å². The molecule has 4 heteroatoms. The van der Waals surface area contributed by atoms with Gasteiger partial charge >= 0.3 is 0 Å². The van der Waals surface area contributed by atoms with Gasteiger partial charge in [0.25, 0.3) is 0 Å². The fraction of sp³-hybridized carbons (Fsp3) is 0.176. The summed E-state index contributed by atoms with van der Waals surface area (Å²) < 4.78 is 14.4. The lowest BCUT2D eigenvalue weighted by Crippen LogP contribution is -1.90. The van der Waals surface area contributed by atoms with Crippen LogP contribution in [0.25, 0.3) is 0 Å². The second kappa shape index (κ2) is 8.23. The Morgan fingerprint density at radius 3 is 2.81 bits per heavy atom. The number of hydrogen-bond donors (Lipinski definition) is 1. The molecule has 0 aliphatic rings. The van der Waals surface area contributed by atoms with Crippen LogP contribution in [0.1, 0.15) is 17.5 Å². The van der Waals surface area contributed by atoms with Gasteiger partial charge in [-0.05, 0) is 35.9 Å².